The summed E-state index contributed by atoms with van der Waals surface area (Å²) in [6.45, 7) is 14.5. The Kier molecular flexibility index (Phi) is 8.30. The lowest BCUT2D eigenvalue weighted by atomic mass is 9.69. The van der Waals surface area contributed by atoms with E-state index in [0.717, 1.165) is 35.3 Å². The van der Waals surface area contributed by atoms with Crippen molar-refractivity contribution in [3.63, 3.8) is 0 Å². The van der Waals surface area contributed by atoms with E-state index in [4.69, 9.17) is 4.74 Å². The van der Waals surface area contributed by atoms with Crippen LogP contribution in [0.25, 0.3) is 6.08 Å². The highest BCUT2D eigenvalue weighted by atomic mass is 16.5. The molecule has 0 aliphatic rings. The third kappa shape index (κ3) is 5.42. The van der Waals surface area contributed by atoms with E-state index >= 15 is 0 Å². The molecule has 4 heteroatoms. The van der Waals surface area contributed by atoms with Crippen LogP contribution in [0.5, 0.6) is 11.5 Å². The number of phenolic OH excluding ortho intramolecular Hbond substituents is 1. The second-order valence-corrected chi connectivity index (χ2v) is 9.69. The summed E-state index contributed by atoms with van der Waals surface area (Å²) in [6.07, 6.45) is 4.98. The molecule has 2 rings (SSSR count). The minimum atomic E-state index is -0.551. The first-order valence-electron chi connectivity index (χ1n) is 11.4. The number of carbonyl (C=O) groups is 1. The number of aliphatic hydroxyl groups is 1. The number of aldehydes is 1. The maximum atomic E-state index is 10.8. The first kappa shape index (κ1) is 25.7. The van der Waals surface area contributed by atoms with E-state index in [9.17, 15) is 15.0 Å². The van der Waals surface area contributed by atoms with E-state index in [0.29, 0.717) is 11.8 Å². The zero-order valence-electron chi connectivity index (χ0n) is 20.5. The van der Waals surface area contributed by atoms with Gasteiger partial charge < -0.3 is 14.9 Å². The average Bonchev–Trinajstić information content (AvgIpc) is 2.74. The van der Waals surface area contributed by atoms with Crippen molar-refractivity contribution in [2.75, 3.05) is 6.61 Å². The number of aliphatic hydroxyl groups excluding tert-OH is 1. The Morgan fingerprint density at radius 1 is 1.00 bits per heavy atom. The summed E-state index contributed by atoms with van der Waals surface area (Å²) in [7, 11) is 0. The van der Waals surface area contributed by atoms with Gasteiger partial charge in [-0.15, -0.1) is 0 Å². The van der Waals surface area contributed by atoms with Crippen LogP contribution in [0.1, 0.15) is 75.3 Å². The van der Waals surface area contributed by atoms with Gasteiger partial charge in [-0.05, 0) is 78.6 Å². The number of benzene rings is 2. The first-order chi connectivity index (χ1) is 15.0. The Bertz CT molecular complexity index is 962. The van der Waals surface area contributed by atoms with Gasteiger partial charge in [-0.1, -0.05) is 52.8 Å². The molecule has 0 fully saturated rings. The van der Waals surface area contributed by atoms with Crippen molar-refractivity contribution in [3.05, 3.63) is 64.2 Å². The van der Waals surface area contributed by atoms with Crippen LogP contribution >= 0.6 is 0 Å². The number of hydrogen-bond acceptors (Lipinski definition) is 4. The van der Waals surface area contributed by atoms with Crippen LogP contribution in [0, 0.1) is 19.3 Å². The smallest absolute Gasteiger partial charge is 0.142 e. The number of rotatable bonds is 9. The predicted molar refractivity (Wildman–Crippen MR) is 131 cm³/mol. The van der Waals surface area contributed by atoms with Crippen LogP contribution in [-0.2, 0) is 10.2 Å². The minimum Gasteiger partial charge on any atom is -0.507 e. The largest absolute Gasteiger partial charge is 0.507 e. The fourth-order valence-corrected chi connectivity index (χ4v) is 4.11. The molecule has 0 amide bonds. The van der Waals surface area contributed by atoms with E-state index < -0.39 is 6.10 Å². The molecular weight excluding hydrogens is 400 g/mol. The third-order valence-corrected chi connectivity index (χ3v) is 6.57. The summed E-state index contributed by atoms with van der Waals surface area (Å²) in [5.41, 5.74) is 4.26. The van der Waals surface area contributed by atoms with Gasteiger partial charge in [0, 0.05) is 11.0 Å². The van der Waals surface area contributed by atoms with Gasteiger partial charge in [-0.3, -0.25) is 4.79 Å². The van der Waals surface area contributed by atoms with E-state index in [1.807, 2.05) is 52.8 Å². The molecule has 4 nitrogen and oxygen atoms in total. The highest BCUT2D eigenvalue weighted by molar-refractivity contribution is 5.76. The zero-order valence-corrected chi connectivity index (χ0v) is 20.5. The van der Waals surface area contributed by atoms with Crippen molar-refractivity contribution in [1.82, 2.24) is 0 Å². The van der Waals surface area contributed by atoms with Crippen molar-refractivity contribution < 1.29 is 19.7 Å². The summed E-state index contributed by atoms with van der Waals surface area (Å²) in [5, 5.41) is 20.8. The summed E-state index contributed by atoms with van der Waals surface area (Å²) in [6, 6.07) is 10.3. The molecule has 1 unspecified atom stereocenters. The lowest BCUT2D eigenvalue weighted by Crippen LogP contribution is -2.32. The van der Waals surface area contributed by atoms with Gasteiger partial charge in [0.2, 0.25) is 0 Å². The summed E-state index contributed by atoms with van der Waals surface area (Å²) in [4.78, 5) is 10.8. The van der Waals surface area contributed by atoms with Crippen LogP contribution in [0.15, 0.2) is 36.4 Å². The summed E-state index contributed by atoms with van der Waals surface area (Å²) in [5.74, 6) is 0.972. The fourth-order valence-electron chi connectivity index (χ4n) is 4.11. The van der Waals surface area contributed by atoms with E-state index in [-0.39, 0.29) is 23.2 Å². The van der Waals surface area contributed by atoms with Crippen LogP contribution in [0.2, 0.25) is 0 Å². The Morgan fingerprint density at radius 2 is 1.62 bits per heavy atom. The molecule has 0 bridgehead atoms. The average molecular weight is 439 g/mol. The molecule has 0 heterocycles. The fraction of sp³-hybridized carbons (Fsp3) is 0.464. The molecule has 174 valence electrons. The molecule has 0 aliphatic carbocycles. The maximum Gasteiger partial charge on any atom is 0.142 e. The van der Waals surface area contributed by atoms with E-state index in [1.165, 1.54) is 11.6 Å². The number of ether oxygens (including phenoxy) is 1. The molecule has 2 N–H and O–H groups in total. The number of allylic oxidation sites excluding steroid dienone is 1. The molecule has 0 spiro atoms. The van der Waals surface area contributed by atoms with Crippen LogP contribution in [0.3, 0.4) is 0 Å². The number of carbonyl (C=O) groups excluding carboxylic acids is 1. The van der Waals surface area contributed by atoms with Crippen LogP contribution in [-0.4, -0.2) is 29.2 Å². The lowest BCUT2D eigenvalue weighted by molar-refractivity contribution is -0.104. The molecule has 2 aromatic carbocycles. The molecule has 0 aromatic heterocycles. The third-order valence-electron chi connectivity index (χ3n) is 6.57. The van der Waals surface area contributed by atoms with Gasteiger partial charge in [0.25, 0.3) is 0 Å². The minimum absolute atomic E-state index is 0.199. The Balaban J connectivity index is 2.48. The molecule has 2 aromatic rings. The summed E-state index contributed by atoms with van der Waals surface area (Å²) >= 11 is 0. The van der Waals surface area contributed by atoms with Gasteiger partial charge in [-0.25, -0.2) is 0 Å². The maximum absolute atomic E-state index is 10.8. The standard InChI is InChI=1S/C28H38O4/c1-8-28(9-2,23-16-20(4)26(31)21(17-23)11-10-14-29)22-12-13-24(19(3)15-22)32-18-25(30)27(5,6)7/h10-17,25,30-31H,8-9,18H2,1-7H3/b11-10+. The van der Waals surface area contributed by atoms with Gasteiger partial charge >= 0.3 is 0 Å². The number of aromatic hydroxyl groups is 1. The van der Waals surface area contributed by atoms with Gasteiger partial charge in [0.15, 0.2) is 0 Å². The Hall–Kier alpha value is -2.59. The van der Waals surface area contributed by atoms with Crippen molar-refractivity contribution in [2.45, 2.75) is 72.8 Å². The number of aryl methyl sites for hydroxylation is 2. The number of hydrogen-bond donors (Lipinski definition) is 2. The van der Waals surface area contributed by atoms with Gasteiger partial charge in [-0.2, -0.15) is 0 Å². The Labute approximate surface area is 193 Å². The molecule has 0 radical (unpaired) electrons. The van der Waals surface area contributed by atoms with E-state index in [1.54, 1.807) is 6.08 Å². The van der Waals surface area contributed by atoms with Crippen molar-refractivity contribution in [2.24, 2.45) is 5.41 Å². The van der Waals surface area contributed by atoms with Gasteiger partial charge in [0.1, 0.15) is 24.4 Å². The number of phenols is 1. The van der Waals surface area contributed by atoms with Gasteiger partial charge in [0.05, 0.1) is 6.10 Å². The van der Waals surface area contributed by atoms with Crippen molar-refractivity contribution in [1.29, 1.82) is 0 Å². The molecule has 0 aliphatic heterocycles. The van der Waals surface area contributed by atoms with Crippen LogP contribution in [0.4, 0.5) is 0 Å². The quantitative estimate of drug-likeness (QED) is 0.366. The zero-order chi connectivity index (χ0) is 24.1. The van der Waals surface area contributed by atoms with Crippen molar-refractivity contribution in [3.8, 4) is 11.5 Å². The second kappa shape index (κ2) is 10.4. The Morgan fingerprint density at radius 3 is 2.16 bits per heavy atom. The topological polar surface area (TPSA) is 66.8 Å². The molecular formula is C28H38O4. The highest BCUT2D eigenvalue weighted by Gasteiger charge is 2.32. The van der Waals surface area contributed by atoms with Crippen LogP contribution < -0.4 is 4.74 Å². The molecule has 32 heavy (non-hydrogen) atoms. The lowest BCUT2D eigenvalue weighted by Gasteiger charge is -2.34. The summed E-state index contributed by atoms with van der Waals surface area (Å²) < 4.78 is 5.94. The predicted octanol–water partition coefficient (Wildman–Crippen LogP) is 6.11. The normalized spacial score (nSPS) is 13.4. The SMILES string of the molecule is CCC(CC)(c1ccc(OCC(O)C(C)(C)C)c(C)c1)c1cc(C)c(O)c(/C=C/C=O)c1. The second-order valence-electron chi connectivity index (χ2n) is 9.69. The monoisotopic (exact) mass is 438 g/mol. The molecule has 0 saturated carbocycles. The van der Waals surface area contributed by atoms with E-state index in [2.05, 4.69) is 26.0 Å². The highest BCUT2D eigenvalue weighted by Crippen LogP contribution is 2.42. The molecule has 0 saturated heterocycles. The molecule has 1 atom stereocenters. The van der Waals surface area contributed by atoms with Crippen molar-refractivity contribution >= 4 is 12.4 Å². The first-order valence-corrected chi connectivity index (χ1v) is 11.4.